The third kappa shape index (κ3) is 4.30. The van der Waals surface area contributed by atoms with E-state index in [-0.39, 0.29) is 35.0 Å². The van der Waals surface area contributed by atoms with Gasteiger partial charge in [-0.3, -0.25) is 4.90 Å². The van der Waals surface area contributed by atoms with E-state index in [1.165, 1.54) is 0 Å². The normalized spacial score (nSPS) is 26.7. The first kappa shape index (κ1) is 26.6. The van der Waals surface area contributed by atoms with Gasteiger partial charge in [0.05, 0.1) is 5.54 Å². The summed E-state index contributed by atoms with van der Waals surface area (Å²) >= 11 is 0. The van der Waals surface area contributed by atoms with Crippen molar-refractivity contribution in [3.63, 3.8) is 0 Å². The Morgan fingerprint density at radius 2 is 2.05 bits per heavy atom. The maximum Gasteiger partial charge on any atom is 0.319 e. The number of benzene rings is 3. The van der Waals surface area contributed by atoms with Gasteiger partial charge < -0.3 is 20.1 Å². The molecular weight excluding hydrogens is 548 g/mol. The van der Waals surface area contributed by atoms with Crippen molar-refractivity contribution in [1.29, 1.82) is 0 Å². The first-order chi connectivity index (χ1) is 20.9. The summed E-state index contributed by atoms with van der Waals surface area (Å²) < 4.78 is 37.5. The molecule has 9 heteroatoms. The molecule has 0 saturated carbocycles. The second-order valence-electron chi connectivity index (χ2n) is 12.6. The molecule has 3 aromatic carbocycles. The topological polar surface area (TPSA) is 73.8 Å². The number of hydrogen-bond acceptors (Lipinski definition) is 7. The summed E-state index contributed by atoms with van der Waals surface area (Å²) in [6.07, 6.45) is 8.33. The Hall–Kier alpha value is -4.00. The molecule has 43 heavy (non-hydrogen) atoms. The molecule has 4 aliphatic heterocycles. The molecule has 7 nitrogen and oxygen atoms in total. The monoisotopic (exact) mass is 581 g/mol. The van der Waals surface area contributed by atoms with E-state index in [9.17, 15) is 9.50 Å². The maximum atomic E-state index is 16.8. The number of aromatic hydroxyl groups is 1. The van der Waals surface area contributed by atoms with Crippen molar-refractivity contribution in [2.45, 2.75) is 43.4 Å². The summed E-state index contributed by atoms with van der Waals surface area (Å²) in [5, 5.41) is 16.1. The predicted molar refractivity (Wildman–Crippen MR) is 163 cm³/mol. The van der Waals surface area contributed by atoms with Crippen LogP contribution in [-0.4, -0.2) is 77.1 Å². The molecule has 1 aromatic heterocycles. The number of halogens is 2. The van der Waals surface area contributed by atoms with Crippen LogP contribution in [-0.2, 0) is 0 Å². The second kappa shape index (κ2) is 10.0. The van der Waals surface area contributed by atoms with E-state index in [0.717, 1.165) is 50.8 Å². The zero-order chi connectivity index (χ0) is 29.3. The van der Waals surface area contributed by atoms with Crippen LogP contribution in [0.4, 0.5) is 14.6 Å². The lowest BCUT2D eigenvalue weighted by atomic mass is 9.93. The van der Waals surface area contributed by atoms with E-state index in [2.05, 4.69) is 26.0 Å². The highest BCUT2D eigenvalue weighted by atomic mass is 19.1. The molecule has 4 fully saturated rings. The van der Waals surface area contributed by atoms with Crippen LogP contribution in [0.1, 0.15) is 31.2 Å². The quantitative estimate of drug-likeness (QED) is 0.321. The molecule has 4 saturated heterocycles. The van der Waals surface area contributed by atoms with Crippen molar-refractivity contribution < 1.29 is 18.6 Å². The minimum Gasteiger partial charge on any atom is -0.508 e. The van der Waals surface area contributed by atoms with Gasteiger partial charge in [-0.1, -0.05) is 24.1 Å². The highest BCUT2D eigenvalue weighted by Crippen LogP contribution is 2.42. The summed E-state index contributed by atoms with van der Waals surface area (Å²) in [6, 6.07) is 12.7. The molecule has 0 unspecified atom stereocenters. The number of nitrogens with zero attached hydrogens (tertiary/aromatic N) is 4. The fraction of sp³-hybridized carbons (Fsp3) is 0.412. The van der Waals surface area contributed by atoms with Crippen molar-refractivity contribution in [1.82, 2.24) is 20.2 Å². The minimum absolute atomic E-state index is 0.0165. The maximum absolute atomic E-state index is 16.8. The lowest BCUT2D eigenvalue weighted by Crippen LogP contribution is -2.43. The molecule has 0 amide bonds. The van der Waals surface area contributed by atoms with Gasteiger partial charge >= 0.3 is 6.01 Å². The van der Waals surface area contributed by atoms with Crippen LogP contribution in [0.15, 0.2) is 42.5 Å². The minimum atomic E-state index is -0.876. The highest BCUT2D eigenvalue weighted by molar-refractivity contribution is 6.04. The molecule has 0 radical (unpaired) electrons. The number of nitrogens with one attached hydrogen (secondary N) is 1. The Kier molecular flexibility index (Phi) is 6.21. The summed E-state index contributed by atoms with van der Waals surface area (Å²) in [7, 11) is 0. The first-order valence-corrected chi connectivity index (χ1v) is 15.2. The van der Waals surface area contributed by atoms with Gasteiger partial charge in [0.1, 0.15) is 29.9 Å². The van der Waals surface area contributed by atoms with Crippen molar-refractivity contribution in [3.05, 3.63) is 53.8 Å². The second-order valence-corrected chi connectivity index (χ2v) is 12.6. The summed E-state index contributed by atoms with van der Waals surface area (Å²) in [5.74, 6) is 3.33. The predicted octanol–water partition coefficient (Wildman–Crippen LogP) is 5.03. The van der Waals surface area contributed by atoms with Crippen molar-refractivity contribution in [2.75, 3.05) is 44.2 Å². The number of rotatable bonds is 5. The molecule has 5 heterocycles. The number of aromatic nitrogens is 2. The van der Waals surface area contributed by atoms with Gasteiger partial charge in [-0.05, 0) is 73.5 Å². The number of terminal acetylenes is 1. The van der Waals surface area contributed by atoms with E-state index in [1.54, 1.807) is 18.2 Å². The van der Waals surface area contributed by atoms with Crippen LogP contribution in [0.2, 0.25) is 0 Å². The largest absolute Gasteiger partial charge is 0.508 e. The number of fused-ring (bicyclic) bond motifs is 4. The molecule has 0 spiro atoms. The molecule has 0 bridgehead atoms. The van der Waals surface area contributed by atoms with Gasteiger partial charge in [0.15, 0.2) is 5.82 Å². The van der Waals surface area contributed by atoms with E-state index < -0.39 is 12.0 Å². The van der Waals surface area contributed by atoms with Crippen molar-refractivity contribution in [2.24, 2.45) is 5.92 Å². The lowest BCUT2D eigenvalue weighted by molar-refractivity contribution is 0.107. The Bertz CT molecular complexity index is 1800. The average molecular weight is 582 g/mol. The molecule has 220 valence electrons. The van der Waals surface area contributed by atoms with Gasteiger partial charge in [0.25, 0.3) is 0 Å². The zero-order valence-electron chi connectivity index (χ0n) is 23.8. The molecule has 4 aliphatic rings. The van der Waals surface area contributed by atoms with E-state index in [4.69, 9.17) is 16.1 Å². The molecule has 8 rings (SSSR count). The third-order valence-electron chi connectivity index (χ3n) is 10.1. The van der Waals surface area contributed by atoms with Gasteiger partial charge in [0.2, 0.25) is 0 Å². The van der Waals surface area contributed by atoms with Crippen LogP contribution in [0, 0.1) is 24.1 Å². The van der Waals surface area contributed by atoms with Crippen LogP contribution in [0.25, 0.3) is 32.8 Å². The van der Waals surface area contributed by atoms with Crippen LogP contribution in [0.3, 0.4) is 0 Å². The van der Waals surface area contributed by atoms with Crippen LogP contribution < -0.4 is 15.0 Å². The van der Waals surface area contributed by atoms with Crippen LogP contribution >= 0.6 is 0 Å². The summed E-state index contributed by atoms with van der Waals surface area (Å²) in [4.78, 5) is 13.9. The summed E-state index contributed by atoms with van der Waals surface area (Å²) in [5.41, 5.74) is 1.15. The Morgan fingerprint density at radius 1 is 1.14 bits per heavy atom. The van der Waals surface area contributed by atoms with Gasteiger partial charge in [-0.15, -0.1) is 6.42 Å². The molecule has 4 atom stereocenters. The molecule has 4 aromatic rings. The first-order valence-electron chi connectivity index (χ1n) is 15.2. The smallest absolute Gasteiger partial charge is 0.319 e. The number of phenols is 1. The van der Waals surface area contributed by atoms with Crippen molar-refractivity contribution >= 4 is 27.5 Å². The van der Waals surface area contributed by atoms with Crippen LogP contribution in [0.5, 0.6) is 11.8 Å². The number of alkyl halides is 1. The Morgan fingerprint density at radius 3 is 2.91 bits per heavy atom. The Balaban J connectivity index is 1.26. The SMILES string of the molecule is C#Cc1cccc2cc(O)cc(-c3ccc4c(N5C[C@H]6CCN[C@H]6C5)nc(OC[C@@]56CCCN5C[C@H](F)C6)nc4c3F)c12. The Labute approximate surface area is 248 Å². The van der Waals surface area contributed by atoms with Gasteiger partial charge in [0, 0.05) is 54.0 Å². The fourth-order valence-electron chi connectivity index (χ4n) is 8.05. The third-order valence-corrected chi connectivity index (χ3v) is 10.1. The van der Waals surface area contributed by atoms with E-state index in [0.29, 0.717) is 52.6 Å². The fourth-order valence-corrected chi connectivity index (χ4v) is 8.05. The number of anilines is 1. The zero-order valence-corrected chi connectivity index (χ0v) is 23.8. The molecular formula is C34H33F2N5O2. The van der Waals surface area contributed by atoms with Crippen molar-refractivity contribution in [3.8, 4) is 35.2 Å². The molecule has 2 N–H and O–H groups in total. The molecule has 0 aliphatic carbocycles. The van der Waals surface area contributed by atoms with Gasteiger partial charge in [-0.25, -0.2) is 8.78 Å². The van der Waals surface area contributed by atoms with E-state index in [1.807, 2.05) is 24.3 Å². The number of hydrogen-bond donors (Lipinski definition) is 2. The van der Waals surface area contributed by atoms with Gasteiger partial charge in [-0.2, -0.15) is 9.97 Å². The number of phenolic OH excluding ortho intramolecular Hbond substituents is 1. The highest BCUT2D eigenvalue weighted by Gasteiger charge is 2.49. The number of ether oxygens (including phenoxy) is 1. The summed E-state index contributed by atoms with van der Waals surface area (Å²) in [6.45, 7) is 4.12. The lowest BCUT2D eigenvalue weighted by Gasteiger charge is -2.31. The average Bonchev–Trinajstić information content (AvgIpc) is 3.76. The van der Waals surface area contributed by atoms with E-state index >= 15 is 4.39 Å². The standard InChI is InChI=1S/C34H33F2N5O2/c1-2-20-5-3-6-21-13-24(42)14-27(29(20)21)25-7-8-26-31(30(25)36)38-33(39-32(26)40-16-22-9-11-37-28(22)18-40)43-19-34-10-4-12-41(34)17-23(35)15-34/h1,3,5-8,13-14,22-23,28,37,42H,4,9-12,15-19H2/t22-,23-,28+,34+/m1/s1.